The van der Waals surface area contributed by atoms with Crippen LogP contribution in [0, 0.1) is 13.8 Å². The van der Waals surface area contributed by atoms with E-state index in [1.54, 1.807) is 12.1 Å². The first-order valence-corrected chi connectivity index (χ1v) is 10.5. The predicted molar refractivity (Wildman–Crippen MR) is 125 cm³/mol. The highest BCUT2D eigenvalue weighted by molar-refractivity contribution is 6.13. The maximum atomic E-state index is 13.9. The highest BCUT2D eigenvalue weighted by atomic mass is 16.3. The number of phenols is 2. The van der Waals surface area contributed by atoms with Gasteiger partial charge in [-0.05, 0) is 84.1 Å². The average Bonchev–Trinajstić information content (AvgIpc) is 3.08. The van der Waals surface area contributed by atoms with Crippen molar-refractivity contribution >= 4 is 11.6 Å². The van der Waals surface area contributed by atoms with E-state index in [4.69, 9.17) is 0 Å². The number of fused-ring (bicyclic) bond motifs is 1. The highest BCUT2D eigenvalue weighted by Gasteiger charge is 2.53. The van der Waals surface area contributed by atoms with Crippen LogP contribution in [0.2, 0.25) is 0 Å². The molecule has 2 N–H and O–H groups in total. The number of nitrogens with zero attached hydrogens (tertiary/aromatic N) is 1. The first-order chi connectivity index (χ1) is 15.4. The van der Waals surface area contributed by atoms with E-state index in [9.17, 15) is 15.0 Å². The number of aryl methyl sites for hydroxylation is 2. The van der Waals surface area contributed by atoms with Crippen LogP contribution in [0.5, 0.6) is 11.5 Å². The second-order valence-electron chi connectivity index (χ2n) is 8.23. The van der Waals surface area contributed by atoms with Gasteiger partial charge in [-0.25, -0.2) is 0 Å². The number of benzene rings is 4. The Morgan fingerprint density at radius 2 is 1.22 bits per heavy atom. The minimum absolute atomic E-state index is 0.0942. The minimum atomic E-state index is -0.966. The average molecular weight is 421 g/mol. The van der Waals surface area contributed by atoms with Crippen molar-refractivity contribution in [3.05, 3.63) is 124 Å². The number of anilines is 1. The SMILES string of the molecule is Cc1cc(C2(c3ccc(O)c(C)c3)c3ccccc3C(=O)N2c2ccccc2)ccc1O. The van der Waals surface area contributed by atoms with E-state index in [1.165, 1.54) is 0 Å². The molecule has 4 aromatic carbocycles. The molecule has 4 aromatic rings. The van der Waals surface area contributed by atoms with Crippen LogP contribution in [0.15, 0.2) is 91.0 Å². The Bertz CT molecular complexity index is 1290. The molecule has 1 heterocycles. The maximum Gasteiger partial charge on any atom is 0.260 e. The number of carbonyl (C=O) groups is 1. The summed E-state index contributed by atoms with van der Waals surface area (Å²) in [6.45, 7) is 3.70. The number of rotatable bonds is 3. The van der Waals surface area contributed by atoms with Crippen LogP contribution in [-0.2, 0) is 5.54 Å². The molecule has 158 valence electrons. The molecule has 0 atom stereocenters. The number of carbonyl (C=O) groups excluding carboxylic acids is 1. The van der Waals surface area contributed by atoms with Crippen molar-refractivity contribution in [2.45, 2.75) is 19.4 Å². The molecule has 0 aromatic heterocycles. The van der Waals surface area contributed by atoms with Crippen LogP contribution in [0.4, 0.5) is 5.69 Å². The van der Waals surface area contributed by atoms with Gasteiger partial charge in [-0.15, -0.1) is 0 Å². The van der Waals surface area contributed by atoms with E-state index < -0.39 is 5.54 Å². The lowest BCUT2D eigenvalue weighted by atomic mass is 9.76. The minimum Gasteiger partial charge on any atom is -0.508 e. The van der Waals surface area contributed by atoms with Crippen molar-refractivity contribution < 1.29 is 15.0 Å². The molecular formula is C28H23NO3. The van der Waals surface area contributed by atoms with Crippen molar-refractivity contribution in [2.75, 3.05) is 4.90 Å². The number of para-hydroxylation sites is 1. The lowest BCUT2D eigenvalue weighted by Crippen LogP contribution is -2.46. The summed E-state index contributed by atoms with van der Waals surface area (Å²) in [5, 5.41) is 20.5. The maximum absolute atomic E-state index is 13.9. The van der Waals surface area contributed by atoms with Gasteiger partial charge in [0, 0.05) is 11.3 Å². The Morgan fingerprint density at radius 3 is 1.78 bits per heavy atom. The molecule has 1 aliphatic heterocycles. The number of hydrogen-bond acceptors (Lipinski definition) is 3. The van der Waals surface area contributed by atoms with Crippen LogP contribution in [-0.4, -0.2) is 16.1 Å². The van der Waals surface area contributed by atoms with Gasteiger partial charge in [0.2, 0.25) is 0 Å². The second kappa shape index (κ2) is 7.27. The zero-order chi connectivity index (χ0) is 22.5. The fourth-order valence-corrected chi connectivity index (χ4v) is 4.76. The van der Waals surface area contributed by atoms with E-state index in [2.05, 4.69) is 0 Å². The summed E-state index contributed by atoms with van der Waals surface area (Å²) in [6, 6.07) is 28.2. The van der Waals surface area contributed by atoms with E-state index in [0.717, 1.165) is 33.5 Å². The van der Waals surface area contributed by atoms with Crippen LogP contribution in [0.3, 0.4) is 0 Å². The van der Waals surface area contributed by atoms with Crippen LogP contribution >= 0.6 is 0 Å². The molecule has 32 heavy (non-hydrogen) atoms. The smallest absolute Gasteiger partial charge is 0.260 e. The molecule has 0 fully saturated rings. The fraction of sp³-hybridized carbons (Fsp3) is 0.107. The molecular weight excluding hydrogens is 398 g/mol. The van der Waals surface area contributed by atoms with Crippen LogP contribution in [0.1, 0.15) is 38.2 Å². The Balaban J connectivity index is 1.95. The normalized spacial score (nSPS) is 14.4. The lowest BCUT2D eigenvalue weighted by Gasteiger charge is -2.41. The molecule has 1 aliphatic rings. The largest absolute Gasteiger partial charge is 0.508 e. The molecule has 5 rings (SSSR count). The molecule has 0 saturated heterocycles. The molecule has 0 radical (unpaired) electrons. The van der Waals surface area contributed by atoms with Gasteiger partial charge < -0.3 is 10.2 Å². The summed E-state index contributed by atoms with van der Waals surface area (Å²) in [7, 11) is 0. The standard InChI is InChI=1S/C28H23NO3/c1-18-16-20(12-14-25(18)30)28(21-13-15-26(31)19(2)17-21)24-11-7-6-10-23(24)27(32)29(28)22-8-4-3-5-9-22/h3-17,30-31H,1-2H3. The Morgan fingerprint density at radius 1 is 0.688 bits per heavy atom. The Hall–Kier alpha value is -4.05. The highest BCUT2D eigenvalue weighted by Crippen LogP contribution is 2.51. The first-order valence-electron chi connectivity index (χ1n) is 10.5. The molecule has 4 heteroatoms. The Kier molecular flexibility index (Phi) is 4.52. The van der Waals surface area contributed by atoms with E-state index >= 15 is 0 Å². The van der Waals surface area contributed by atoms with Gasteiger partial charge in [0.1, 0.15) is 17.0 Å². The fourth-order valence-electron chi connectivity index (χ4n) is 4.76. The van der Waals surface area contributed by atoms with Gasteiger partial charge in [-0.3, -0.25) is 9.69 Å². The van der Waals surface area contributed by atoms with Crippen molar-refractivity contribution in [1.82, 2.24) is 0 Å². The summed E-state index contributed by atoms with van der Waals surface area (Å²) >= 11 is 0. The van der Waals surface area contributed by atoms with Gasteiger partial charge in [-0.1, -0.05) is 48.5 Å². The van der Waals surface area contributed by atoms with Gasteiger partial charge in [-0.2, -0.15) is 0 Å². The molecule has 4 nitrogen and oxygen atoms in total. The number of amides is 1. The predicted octanol–water partition coefficient (Wildman–Crippen LogP) is 5.67. The molecule has 0 unspecified atom stereocenters. The number of aromatic hydroxyl groups is 2. The van der Waals surface area contributed by atoms with Gasteiger partial charge >= 0.3 is 0 Å². The molecule has 1 amide bonds. The topological polar surface area (TPSA) is 60.8 Å². The zero-order valence-corrected chi connectivity index (χ0v) is 17.9. The van der Waals surface area contributed by atoms with Crippen LogP contribution < -0.4 is 4.90 Å². The molecule has 0 bridgehead atoms. The van der Waals surface area contributed by atoms with Gasteiger partial charge in [0.15, 0.2) is 0 Å². The van der Waals surface area contributed by atoms with E-state index in [0.29, 0.717) is 5.56 Å². The third-order valence-electron chi connectivity index (χ3n) is 6.33. The van der Waals surface area contributed by atoms with E-state index in [1.807, 2.05) is 97.6 Å². The lowest BCUT2D eigenvalue weighted by molar-refractivity contribution is 0.0986. The van der Waals surface area contributed by atoms with Crippen molar-refractivity contribution in [3.63, 3.8) is 0 Å². The summed E-state index contributed by atoms with van der Waals surface area (Å²) in [5.74, 6) is 0.313. The summed E-state index contributed by atoms with van der Waals surface area (Å²) in [5.41, 5.74) is 4.47. The monoisotopic (exact) mass is 421 g/mol. The van der Waals surface area contributed by atoms with Gasteiger partial charge in [0.25, 0.3) is 5.91 Å². The summed E-state index contributed by atoms with van der Waals surface area (Å²) < 4.78 is 0. The third kappa shape index (κ3) is 2.73. The van der Waals surface area contributed by atoms with Crippen LogP contribution in [0.25, 0.3) is 0 Å². The molecule has 0 saturated carbocycles. The van der Waals surface area contributed by atoms with Crippen molar-refractivity contribution in [2.24, 2.45) is 0 Å². The Labute approximate surface area is 187 Å². The molecule has 0 aliphatic carbocycles. The first kappa shape index (κ1) is 19.9. The van der Waals surface area contributed by atoms with Crippen molar-refractivity contribution in [1.29, 1.82) is 0 Å². The summed E-state index contributed by atoms with van der Waals surface area (Å²) in [4.78, 5) is 15.7. The summed E-state index contributed by atoms with van der Waals surface area (Å²) in [6.07, 6.45) is 0. The zero-order valence-electron chi connectivity index (χ0n) is 17.9. The quantitative estimate of drug-likeness (QED) is 0.448. The van der Waals surface area contributed by atoms with Crippen molar-refractivity contribution in [3.8, 4) is 11.5 Å². The third-order valence-corrected chi connectivity index (χ3v) is 6.33. The molecule has 0 spiro atoms. The second-order valence-corrected chi connectivity index (χ2v) is 8.23. The number of phenolic OH excluding ortho intramolecular Hbond substituents is 2. The van der Waals surface area contributed by atoms with E-state index in [-0.39, 0.29) is 17.4 Å². The van der Waals surface area contributed by atoms with Gasteiger partial charge in [0.05, 0.1) is 0 Å². The number of hydrogen-bond donors (Lipinski definition) is 2.